The lowest BCUT2D eigenvalue weighted by molar-refractivity contribution is -0.118. The molecule has 1 atom stereocenters. The van der Waals surface area contributed by atoms with Crippen LogP contribution in [0.2, 0.25) is 5.02 Å². The van der Waals surface area contributed by atoms with Gasteiger partial charge in [-0.2, -0.15) is 9.40 Å². The van der Waals surface area contributed by atoms with Crippen molar-refractivity contribution in [3.8, 4) is 11.4 Å². The number of sulfonamides is 1. The van der Waals surface area contributed by atoms with Crippen LogP contribution in [0, 0.1) is 0 Å². The van der Waals surface area contributed by atoms with Gasteiger partial charge in [-0.15, -0.1) is 0 Å². The van der Waals surface area contributed by atoms with Crippen molar-refractivity contribution in [1.82, 2.24) is 19.1 Å². The fourth-order valence-corrected chi connectivity index (χ4v) is 4.97. The summed E-state index contributed by atoms with van der Waals surface area (Å²) in [5.74, 6) is -0.0648. The minimum Gasteiger partial charge on any atom is -0.482 e. The van der Waals surface area contributed by atoms with Crippen molar-refractivity contribution in [1.29, 1.82) is 0 Å². The molecule has 11 heteroatoms. The number of nitrogens with zero attached hydrogens (tertiary/aromatic N) is 4. The van der Waals surface area contributed by atoms with Crippen molar-refractivity contribution in [2.45, 2.75) is 17.9 Å². The summed E-state index contributed by atoms with van der Waals surface area (Å²) in [5, 5.41) is 6.68. The molecule has 9 nitrogen and oxygen atoms in total. The zero-order chi connectivity index (χ0) is 21.5. The molecule has 1 aliphatic rings. The lowest BCUT2D eigenvalue weighted by atomic mass is 10.1. The summed E-state index contributed by atoms with van der Waals surface area (Å²) in [5.41, 5.74) is 1.95. The highest BCUT2D eigenvalue weighted by Crippen LogP contribution is 2.38. The number of hydrogen-bond donors (Lipinski definition) is 1. The van der Waals surface area contributed by atoms with Crippen molar-refractivity contribution < 1.29 is 17.9 Å². The number of carbonyl (C=O) groups excluding carboxylic acids is 1. The molecule has 0 fully saturated rings. The summed E-state index contributed by atoms with van der Waals surface area (Å²) in [6, 6.07) is 9.59. The normalized spacial score (nSPS) is 14.7. The van der Waals surface area contributed by atoms with Crippen LogP contribution in [0.1, 0.15) is 18.5 Å². The number of benzene rings is 2. The Hall–Kier alpha value is -2.95. The van der Waals surface area contributed by atoms with Crippen molar-refractivity contribution in [3.05, 3.63) is 59.6 Å². The standard InChI is InChI=1S/C19H18ClN5O4S/c1-12(13-3-5-14(6-4-13)25-11-21-10-22-25)24(2)30(27,28)18-8-17-16(7-15(18)20)23-19(26)9-29-17/h3-8,10-12H,9H2,1-2H3,(H,23,26)/t12-/m0/s1. The first kappa shape index (κ1) is 20.3. The number of rotatable bonds is 5. The lowest BCUT2D eigenvalue weighted by Gasteiger charge is -2.26. The Morgan fingerprint density at radius 2 is 2.00 bits per heavy atom. The van der Waals surface area contributed by atoms with Crippen LogP contribution in [-0.2, 0) is 14.8 Å². The summed E-state index contributed by atoms with van der Waals surface area (Å²) in [4.78, 5) is 15.3. The van der Waals surface area contributed by atoms with Gasteiger partial charge in [0.15, 0.2) is 6.61 Å². The molecule has 1 amide bonds. The van der Waals surface area contributed by atoms with Gasteiger partial charge in [-0.1, -0.05) is 23.7 Å². The van der Waals surface area contributed by atoms with Gasteiger partial charge in [-0.3, -0.25) is 4.79 Å². The molecule has 1 aromatic heterocycles. The van der Waals surface area contributed by atoms with Gasteiger partial charge in [0.05, 0.1) is 16.4 Å². The maximum Gasteiger partial charge on any atom is 0.262 e. The Kier molecular flexibility index (Phi) is 5.22. The summed E-state index contributed by atoms with van der Waals surface area (Å²) in [7, 11) is -2.45. The zero-order valence-electron chi connectivity index (χ0n) is 16.1. The maximum atomic E-state index is 13.2. The van der Waals surface area contributed by atoms with Crippen LogP contribution >= 0.6 is 11.6 Å². The molecular weight excluding hydrogens is 430 g/mol. The van der Waals surface area contributed by atoms with Crippen LogP contribution in [0.15, 0.2) is 53.9 Å². The van der Waals surface area contributed by atoms with E-state index >= 15 is 0 Å². The molecule has 2 aromatic carbocycles. The van der Waals surface area contributed by atoms with Crippen LogP contribution in [0.3, 0.4) is 0 Å². The van der Waals surface area contributed by atoms with Gasteiger partial charge < -0.3 is 10.1 Å². The van der Waals surface area contributed by atoms with Gasteiger partial charge in [-0.05, 0) is 30.7 Å². The van der Waals surface area contributed by atoms with E-state index in [2.05, 4.69) is 15.4 Å². The minimum atomic E-state index is -3.94. The van der Waals surface area contributed by atoms with Crippen LogP contribution in [-0.4, -0.2) is 47.0 Å². The molecule has 0 spiro atoms. The molecule has 2 heterocycles. The number of fused-ring (bicyclic) bond motifs is 1. The number of hydrogen-bond acceptors (Lipinski definition) is 6. The van der Waals surface area contributed by atoms with Gasteiger partial charge >= 0.3 is 0 Å². The second-order valence-corrected chi connectivity index (χ2v) is 9.12. The second kappa shape index (κ2) is 7.71. The number of amides is 1. The predicted octanol–water partition coefficient (Wildman–Crippen LogP) is 2.63. The number of aromatic nitrogens is 3. The Balaban J connectivity index is 1.62. The third-order valence-electron chi connectivity index (χ3n) is 4.93. The maximum absolute atomic E-state index is 13.2. The SMILES string of the molecule is C[C@@H](c1ccc(-n2cncn2)cc1)N(C)S(=O)(=O)c1cc2c(cc1Cl)NC(=O)CO2. The molecule has 0 unspecified atom stereocenters. The van der Waals surface area contributed by atoms with E-state index < -0.39 is 16.1 Å². The molecular formula is C19H18ClN5O4S. The van der Waals surface area contributed by atoms with Crippen LogP contribution in [0.25, 0.3) is 5.69 Å². The quantitative estimate of drug-likeness (QED) is 0.644. The molecule has 0 saturated carbocycles. The smallest absolute Gasteiger partial charge is 0.262 e. The summed E-state index contributed by atoms with van der Waals surface area (Å²) < 4.78 is 34.7. The highest BCUT2D eigenvalue weighted by atomic mass is 35.5. The van der Waals surface area contributed by atoms with Crippen molar-refractivity contribution in [2.75, 3.05) is 19.0 Å². The van der Waals surface area contributed by atoms with Gasteiger partial charge in [0.25, 0.3) is 5.91 Å². The first-order valence-electron chi connectivity index (χ1n) is 8.96. The van der Waals surface area contributed by atoms with E-state index in [1.54, 1.807) is 17.9 Å². The topological polar surface area (TPSA) is 106 Å². The molecule has 30 heavy (non-hydrogen) atoms. The largest absolute Gasteiger partial charge is 0.482 e. The molecule has 1 aliphatic heterocycles. The Morgan fingerprint density at radius 3 is 2.67 bits per heavy atom. The van der Waals surface area contributed by atoms with Crippen molar-refractivity contribution in [3.63, 3.8) is 0 Å². The molecule has 4 rings (SSSR count). The number of anilines is 1. The fourth-order valence-electron chi connectivity index (χ4n) is 3.10. The monoisotopic (exact) mass is 447 g/mol. The summed E-state index contributed by atoms with van der Waals surface area (Å²) in [6.45, 7) is 1.60. The third kappa shape index (κ3) is 3.64. The van der Waals surface area contributed by atoms with E-state index in [1.165, 1.54) is 29.8 Å². The average Bonchev–Trinajstić information content (AvgIpc) is 3.27. The van der Waals surface area contributed by atoms with Gasteiger partial charge in [0, 0.05) is 19.2 Å². The van der Waals surface area contributed by atoms with E-state index in [4.69, 9.17) is 16.3 Å². The Labute approximate surface area is 178 Å². The Morgan fingerprint density at radius 1 is 1.27 bits per heavy atom. The van der Waals surface area contributed by atoms with Crippen LogP contribution in [0.4, 0.5) is 5.69 Å². The second-order valence-electron chi connectivity index (χ2n) is 6.74. The molecule has 0 radical (unpaired) electrons. The summed E-state index contributed by atoms with van der Waals surface area (Å²) >= 11 is 6.24. The van der Waals surface area contributed by atoms with Crippen LogP contribution < -0.4 is 10.1 Å². The highest BCUT2D eigenvalue weighted by Gasteiger charge is 2.30. The van der Waals surface area contributed by atoms with Crippen molar-refractivity contribution in [2.24, 2.45) is 0 Å². The number of halogens is 1. The first-order valence-corrected chi connectivity index (χ1v) is 10.8. The van der Waals surface area contributed by atoms with E-state index in [0.29, 0.717) is 5.69 Å². The van der Waals surface area contributed by atoms with Gasteiger partial charge in [0.1, 0.15) is 23.3 Å². The van der Waals surface area contributed by atoms with E-state index in [1.807, 2.05) is 24.3 Å². The predicted molar refractivity (Wildman–Crippen MR) is 110 cm³/mol. The highest BCUT2D eigenvalue weighted by molar-refractivity contribution is 7.89. The van der Waals surface area contributed by atoms with Gasteiger partial charge in [-0.25, -0.2) is 18.1 Å². The molecule has 3 aromatic rings. The average molecular weight is 448 g/mol. The summed E-state index contributed by atoms with van der Waals surface area (Å²) in [6.07, 6.45) is 3.02. The molecule has 0 bridgehead atoms. The van der Waals surface area contributed by atoms with E-state index in [9.17, 15) is 13.2 Å². The molecule has 0 aliphatic carbocycles. The van der Waals surface area contributed by atoms with E-state index in [-0.39, 0.29) is 28.2 Å². The lowest BCUT2D eigenvalue weighted by Crippen LogP contribution is -2.30. The minimum absolute atomic E-state index is 0.000120. The molecule has 1 N–H and O–H groups in total. The Bertz CT molecular complexity index is 1200. The van der Waals surface area contributed by atoms with E-state index in [0.717, 1.165) is 11.3 Å². The molecule has 0 saturated heterocycles. The number of carbonyl (C=O) groups is 1. The van der Waals surface area contributed by atoms with Crippen molar-refractivity contribution >= 4 is 33.2 Å². The van der Waals surface area contributed by atoms with Crippen LogP contribution in [0.5, 0.6) is 5.75 Å². The fraction of sp³-hybridized carbons (Fsp3) is 0.211. The number of ether oxygens (including phenoxy) is 1. The number of nitrogens with one attached hydrogen (secondary N) is 1. The molecule has 156 valence electrons. The van der Waals surface area contributed by atoms with Gasteiger partial charge in [0.2, 0.25) is 10.0 Å². The zero-order valence-corrected chi connectivity index (χ0v) is 17.7. The third-order valence-corrected chi connectivity index (χ3v) is 7.32. The first-order chi connectivity index (χ1) is 14.3.